The second-order valence-electron chi connectivity index (χ2n) is 4.28. The van der Waals surface area contributed by atoms with Crippen LogP contribution in [0.1, 0.15) is 5.69 Å². The van der Waals surface area contributed by atoms with Gasteiger partial charge in [-0.2, -0.15) is 0 Å². The number of rotatable bonds is 5. The maximum Gasteiger partial charge on any atom is 0.326 e. The highest BCUT2D eigenvalue weighted by molar-refractivity contribution is 14.1. The molecule has 0 aliphatic rings. The zero-order valence-corrected chi connectivity index (χ0v) is 13.0. The van der Waals surface area contributed by atoms with Gasteiger partial charge in [0.1, 0.15) is 6.04 Å². The van der Waals surface area contributed by atoms with Gasteiger partial charge in [0.15, 0.2) is 0 Å². The van der Waals surface area contributed by atoms with Crippen molar-refractivity contribution in [2.24, 2.45) is 0 Å². The maximum atomic E-state index is 11.9. The van der Waals surface area contributed by atoms with Crippen LogP contribution >= 0.6 is 22.6 Å². The molecule has 0 aliphatic carbocycles. The van der Waals surface area contributed by atoms with Gasteiger partial charge in [-0.05, 0) is 40.8 Å². The van der Waals surface area contributed by atoms with Crippen LogP contribution in [-0.4, -0.2) is 33.1 Å². The quantitative estimate of drug-likeness (QED) is 0.575. The molecule has 0 unspecified atom stereocenters. The number of carbonyl (C=O) groups is 2. The summed E-state index contributed by atoms with van der Waals surface area (Å²) >= 11 is 2.13. The fourth-order valence-electron chi connectivity index (χ4n) is 1.71. The number of carboxylic acids is 1. The van der Waals surface area contributed by atoms with Crippen molar-refractivity contribution < 1.29 is 14.7 Å². The number of aliphatic carboxylic acids is 1. The van der Waals surface area contributed by atoms with Gasteiger partial charge < -0.3 is 20.7 Å². The number of urea groups is 1. The van der Waals surface area contributed by atoms with Crippen molar-refractivity contribution in [1.29, 1.82) is 0 Å². The summed E-state index contributed by atoms with van der Waals surface area (Å²) in [6, 6.07) is 5.60. The van der Waals surface area contributed by atoms with Crippen LogP contribution in [0.25, 0.3) is 0 Å². The molecule has 2 aromatic rings. The Hall–Kier alpha value is -2.10. The number of imidazole rings is 1. The number of nitrogens with zero attached hydrogens (tertiary/aromatic N) is 1. The van der Waals surface area contributed by atoms with Crippen LogP contribution in [0.5, 0.6) is 0 Å². The number of nitrogens with one attached hydrogen (secondary N) is 3. The average molecular weight is 400 g/mol. The van der Waals surface area contributed by atoms with E-state index in [1.807, 2.05) is 6.07 Å². The van der Waals surface area contributed by atoms with Crippen LogP contribution in [0.15, 0.2) is 36.8 Å². The van der Waals surface area contributed by atoms with Crippen LogP contribution in [0.4, 0.5) is 10.5 Å². The molecule has 1 aromatic heterocycles. The van der Waals surface area contributed by atoms with Crippen LogP contribution < -0.4 is 10.6 Å². The summed E-state index contributed by atoms with van der Waals surface area (Å²) in [4.78, 5) is 29.7. The van der Waals surface area contributed by atoms with Crippen molar-refractivity contribution in [3.63, 3.8) is 0 Å². The predicted octanol–water partition coefficient (Wildman–Crippen LogP) is 1.83. The summed E-state index contributed by atoms with van der Waals surface area (Å²) < 4.78 is 0.970. The summed E-state index contributed by atoms with van der Waals surface area (Å²) in [7, 11) is 0. The highest BCUT2D eigenvalue weighted by Crippen LogP contribution is 2.12. The Labute approximate surface area is 134 Å². The molecule has 21 heavy (non-hydrogen) atoms. The molecule has 0 aliphatic heterocycles. The van der Waals surface area contributed by atoms with Crippen LogP contribution in [0.3, 0.4) is 0 Å². The minimum atomic E-state index is -1.11. The first-order chi connectivity index (χ1) is 10.0. The molecule has 2 amide bonds. The summed E-state index contributed by atoms with van der Waals surface area (Å²) in [5.41, 5.74) is 1.24. The highest BCUT2D eigenvalue weighted by Gasteiger charge is 2.21. The Morgan fingerprint density at radius 3 is 2.86 bits per heavy atom. The first kappa shape index (κ1) is 15.3. The topological polar surface area (TPSA) is 107 Å². The first-order valence-corrected chi connectivity index (χ1v) is 7.15. The number of amides is 2. The molecule has 7 nitrogen and oxygen atoms in total. The van der Waals surface area contributed by atoms with Gasteiger partial charge in [-0.1, -0.05) is 6.07 Å². The summed E-state index contributed by atoms with van der Waals surface area (Å²) in [5, 5.41) is 14.2. The fraction of sp³-hybridized carbons (Fsp3) is 0.154. The molecule has 110 valence electrons. The Kier molecular flexibility index (Phi) is 5.14. The number of aromatic amines is 1. The lowest BCUT2D eigenvalue weighted by atomic mass is 10.2. The fourth-order valence-corrected chi connectivity index (χ4v) is 2.25. The van der Waals surface area contributed by atoms with Crippen molar-refractivity contribution >= 4 is 40.3 Å². The summed E-state index contributed by atoms with van der Waals surface area (Å²) in [5.74, 6) is -1.11. The van der Waals surface area contributed by atoms with E-state index in [1.165, 1.54) is 12.5 Å². The van der Waals surface area contributed by atoms with E-state index in [0.29, 0.717) is 11.4 Å². The lowest BCUT2D eigenvalue weighted by Crippen LogP contribution is -2.44. The van der Waals surface area contributed by atoms with Crippen molar-refractivity contribution in [2.75, 3.05) is 5.32 Å². The Morgan fingerprint density at radius 2 is 2.24 bits per heavy atom. The van der Waals surface area contributed by atoms with Gasteiger partial charge >= 0.3 is 12.0 Å². The third-order valence-corrected chi connectivity index (χ3v) is 3.34. The molecule has 1 heterocycles. The van der Waals surface area contributed by atoms with E-state index >= 15 is 0 Å². The molecule has 0 spiro atoms. The molecule has 0 radical (unpaired) electrons. The molecule has 1 atom stereocenters. The van der Waals surface area contributed by atoms with Gasteiger partial charge in [0.25, 0.3) is 0 Å². The number of anilines is 1. The number of hydrogen-bond donors (Lipinski definition) is 4. The SMILES string of the molecule is O=C(Nc1cccc(I)c1)N[C@@H](Cc1cnc[nH]1)C(=O)O. The van der Waals surface area contributed by atoms with Gasteiger partial charge in [-0.25, -0.2) is 14.6 Å². The lowest BCUT2D eigenvalue weighted by Gasteiger charge is -2.14. The zero-order valence-electron chi connectivity index (χ0n) is 10.8. The van der Waals surface area contributed by atoms with E-state index in [2.05, 4.69) is 43.2 Å². The molecule has 4 N–H and O–H groups in total. The molecule has 0 saturated carbocycles. The van der Waals surface area contributed by atoms with E-state index in [1.54, 1.807) is 18.2 Å². The van der Waals surface area contributed by atoms with Gasteiger partial charge in [-0.15, -0.1) is 0 Å². The van der Waals surface area contributed by atoms with E-state index in [4.69, 9.17) is 5.11 Å². The van der Waals surface area contributed by atoms with Gasteiger partial charge in [0, 0.05) is 27.6 Å². The number of halogens is 1. The van der Waals surface area contributed by atoms with Crippen molar-refractivity contribution in [1.82, 2.24) is 15.3 Å². The first-order valence-electron chi connectivity index (χ1n) is 6.08. The molecular formula is C13H13IN4O3. The number of carbonyl (C=O) groups excluding carboxylic acids is 1. The smallest absolute Gasteiger partial charge is 0.326 e. The Bertz CT molecular complexity index is 630. The highest BCUT2D eigenvalue weighted by atomic mass is 127. The average Bonchev–Trinajstić information content (AvgIpc) is 2.90. The summed E-state index contributed by atoms with van der Waals surface area (Å²) in [6.07, 6.45) is 3.12. The Balaban J connectivity index is 1.96. The number of aromatic nitrogens is 2. The second kappa shape index (κ2) is 7.07. The molecule has 0 bridgehead atoms. The van der Waals surface area contributed by atoms with Gasteiger partial charge in [0.05, 0.1) is 6.33 Å². The second-order valence-corrected chi connectivity index (χ2v) is 5.53. The largest absolute Gasteiger partial charge is 0.480 e. The molecule has 0 fully saturated rings. The van der Waals surface area contributed by atoms with E-state index in [-0.39, 0.29) is 6.42 Å². The van der Waals surface area contributed by atoms with Crippen molar-refractivity contribution in [2.45, 2.75) is 12.5 Å². The standard InChI is InChI=1S/C13H13IN4O3/c14-8-2-1-3-9(4-8)17-13(21)18-11(12(19)20)5-10-6-15-7-16-10/h1-4,6-7,11H,5H2,(H,15,16)(H,19,20)(H2,17,18,21)/t11-/m0/s1. The van der Waals surface area contributed by atoms with Crippen molar-refractivity contribution in [3.05, 3.63) is 46.1 Å². The molecular weight excluding hydrogens is 387 g/mol. The normalized spacial score (nSPS) is 11.7. The van der Waals surface area contributed by atoms with Crippen LogP contribution in [0.2, 0.25) is 0 Å². The molecule has 8 heteroatoms. The van der Waals surface area contributed by atoms with Crippen molar-refractivity contribution in [3.8, 4) is 0 Å². The minimum absolute atomic E-state index is 0.134. The molecule has 2 rings (SSSR count). The number of benzene rings is 1. The number of hydrogen-bond acceptors (Lipinski definition) is 3. The van der Waals surface area contributed by atoms with E-state index < -0.39 is 18.0 Å². The Morgan fingerprint density at radius 1 is 1.43 bits per heavy atom. The number of H-pyrrole nitrogens is 1. The van der Waals surface area contributed by atoms with E-state index in [9.17, 15) is 9.59 Å². The lowest BCUT2D eigenvalue weighted by molar-refractivity contribution is -0.139. The maximum absolute atomic E-state index is 11.9. The minimum Gasteiger partial charge on any atom is -0.480 e. The number of carboxylic acid groups (broad SMARTS) is 1. The molecule has 0 saturated heterocycles. The van der Waals surface area contributed by atoms with E-state index in [0.717, 1.165) is 3.57 Å². The van der Waals surface area contributed by atoms with Gasteiger partial charge in [0.2, 0.25) is 0 Å². The monoisotopic (exact) mass is 400 g/mol. The van der Waals surface area contributed by atoms with Crippen LogP contribution in [0, 0.1) is 3.57 Å². The third-order valence-electron chi connectivity index (χ3n) is 2.66. The van der Waals surface area contributed by atoms with Crippen LogP contribution in [-0.2, 0) is 11.2 Å². The van der Waals surface area contributed by atoms with Gasteiger partial charge in [-0.3, -0.25) is 0 Å². The summed E-state index contributed by atoms with van der Waals surface area (Å²) in [6.45, 7) is 0. The third kappa shape index (κ3) is 4.74. The predicted molar refractivity (Wildman–Crippen MR) is 85.0 cm³/mol. The zero-order chi connectivity index (χ0) is 15.2. The molecule has 1 aromatic carbocycles.